The summed E-state index contributed by atoms with van der Waals surface area (Å²) >= 11 is 0. The number of aromatic amines is 1. The van der Waals surface area contributed by atoms with Crippen molar-refractivity contribution in [3.8, 4) is 0 Å². The number of aromatic nitrogens is 2. The van der Waals surface area contributed by atoms with Gasteiger partial charge in [0.15, 0.2) is 0 Å². The summed E-state index contributed by atoms with van der Waals surface area (Å²) in [5, 5.41) is 11.4. The molecule has 8 nitrogen and oxygen atoms in total. The highest BCUT2D eigenvalue weighted by Gasteiger charge is 2.21. The van der Waals surface area contributed by atoms with Crippen LogP contribution in [0.25, 0.3) is 0 Å². The quantitative estimate of drug-likeness (QED) is 0.571. The summed E-state index contributed by atoms with van der Waals surface area (Å²) in [7, 11) is 0. The number of carbonyl (C=O) groups is 3. The van der Waals surface area contributed by atoms with Crippen LogP contribution in [0.1, 0.15) is 25.5 Å². The van der Waals surface area contributed by atoms with Gasteiger partial charge in [0.1, 0.15) is 6.04 Å². The molecule has 20 heavy (non-hydrogen) atoms. The van der Waals surface area contributed by atoms with Crippen molar-refractivity contribution >= 4 is 17.8 Å². The van der Waals surface area contributed by atoms with Crippen LogP contribution in [0, 0.1) is 0 Å². The summed E-state index contributed by atoms with van der Waals surface area (Å²) in [6, 6.07) is -1.06. The second kappa shape index (κ2) is 7.93. The lowest BCUT2D eigenvalue weighted by atomic mass is 10.1. The van der Waals surface area contributed by atoms with E-state index >= 15 is 0 Å². The number of hydrogen-bond acceptors (Lipinski definition) is 5. The number of carboxylic acid groups (broad SMARTS) is 1. The molecule has 0 bridgehead atoms. The summed E-state index contributed by atoms with van der Waals surface area (Å²) in [4.78, 5) is 40.3. The summed E-state index contributed by atoms with van der Waals surface area (Å²) < 4.78 is 4.68. The van der Waals surface area contributed by atoms with Crippen LogP contribution in [0.2, 0.25) is 0 Å². The molecule has 1 aromatic heterocycles. The number of H-pyrrole nitrogens is 1. The van der Waals surface area contributed by atoms with Gasteiger partial charge in [-0.3, -0.25) is 9.59 Å². The average molecular weight is 283 g/mol. The number of hydrogen-bond donors (Lipinski definition) is 3. The molecule has 0 saturated carbocycles. The molecule has 0 aromatic carbocycles. The van der Waals surface area contributed by atoms with Gasteiger partial charge in [0.05, 0.1) is 19.4 Å². The van der Waals surface area contributed by atoms with Gasteiger partial charge in [-0.15, -0.1) is 0 Å². The number of aliphatic carboxylic acids is 1. The van der Waals surface area contributed by atoms with E-state index in [1.165, 1.54) is 12.5 Å². The molecule has 3 N–H and O–H groups in total. The first-order chi connectivity index (χ1) is 9.52. The minimum atomic E-state index is -1.15. The molecular formula is C12H17N3O5. The number of carboxylic acids is 1. The SMILES string of the molecule is CCOC(=O)CCC(=O)N[C@H](Cc1cnc[nH]1)C(=O)O. The summed E-state index contributed by atoms with van der Waals surface area (Å²) in [5.41, 5.74) is 0.600. The van der Waals surface area contributed by atoms with E-state index < -0.39 is 23.9 Å². The lowest BCUT2D eigenvalue weighted by molar-refractivity contribution is -0.144. The molecule has 0 aliphatic heterocycles. The van der Waals surface area contributed by atoms with Crippen molar-refractivity contribution in [1.82, 2.24) is 15.3 Å². The fourth-order valence-corrected chi connectivity index (χ4v) is 1.53. The Balaban J connectivity index is 2.43. The molecule has 110 valence electrons. The first-order valence-corrected chi connectivity index (χ1v) is 6.18. The van der Waals surface area contributed by atoms with E-state index in [0.29, 0.717) is 5.69 Å². The van der Waals surface area contributed by atoms with E-state index in [1.54, 1.807) is 6.92 Å². The van der Waals surface area contributed by atoms with Crippen LogP contribution in [-0.4, -0.2) is 45.6 Å². The summed E-state index contributed by atoms with van der Waals surface area (Å²) in [5.74, 6) is -2.14. The van der Waals surface area contributed by atoms with Gasteiger partial charge in [-0.1, -0.05) is 0 Å². The largest absolute Gasteiger partial charge is 0.480 e. The maximum absolute atomic E-state index is 11.6. The molecule has 1 amide bonds. The molecule has 1 atom stereocenters. The molecule has 0 fully saturated rings. The Labute approximate surface area is 115 Å². The third-order valence-corrected chi connectivity index (χ3v) is 2.47. The second-order valence-electron chi connectivity index (χ2n) is 4.04. The molecule has 0 saturated heterocycles. The molecule has 0 aliphatic carbocycles. The second-order valence-corrected chi connectivity index (χ2v) is 4.04. The third kappa shape index (κ3) is 5.51. The Kier molecular flexibility index (Phi) is 6.21. The van der Waals surface area contributed by atoms with E-state index in [4.69, 9.17) is 5.11 Å². The van der Waals surface area contributed by atoms with Gasteiger partial charge in [0.2, 0.25) is 5.91 Å². The van der Waals surface area contributed by atoms with Crippen molar-refractivity contribution in [3.05, 3.63) is 18.2 Å². The van der Waals surface area contributed by atoms with E-state index in [0.717, 1.165) is 0 Å². The van der Waals surface area contributed by atoms with Crippen molar-refractivity contribution in [3.63, 3.8) is 0 Å². The van der Waals surface area contributed by atoms with Gasteiger partial charge in [-0.05, 0) is 6.92 Å². The zero-order valence-electron chi connectivity index (χ0n) is 11.1. The zero-order chi connectivity index (χ0) is 15.0. The Morgan fingerprint density at radius 1 is 1.45 bits per heavy atom. The van der Waals surface area contributed by atoms with Crippen molar-refractivity contribution in [2.24, 2.45) is 0 Å². The van der Waals surface area contributed by atoms with Gasteiger partial charge in [0.25, 0.3) is 0 Å². The highest BCUT2D eigenvalue weighted by molar-refractivity contribution is 5.85. The Morgan fingerprint density at radius 3 is 2.75 bits per heavy atom. The maximum Gasteiger partial charge on any atom is 0.326 e. The Morgan fingerprint density at radius 2 is 2.20 bits per heavy atom. The van der Waals surface area contributed by atoms with Crippen molar-refractivity contribution in [1.29, 1.82) is 0 Å². The summed E-state index contributed by atoms with van der Waals surface area (Å²) in [6.07, 6.45) is 2.83. The maximum atomic E-state index is 11.6. The van der Waals surface area contributed by atoms with Gasteiger partial charge in [-0.2, -0.15) is 0 Å². The van der Waals surface area contributed by atoms with Crippen molar-refractivity contribution in [2.45, 2.75) is 32.2 Å². The van der Waals surface area contributed by atoms with E-state index in [1.807, 2.05) is 0 Å². The number of rotatable bonds is 8. The monoisotopic (exact) mass is 283 g/mol. The number of amides is 1. The fraction of sp³-hybridized carbons (Fsp3) is 0.500. The Bertz CT molecular complexity index is 458. The normalized spacial score (nSPS) is 11.7. The van der Waals surface area contributed by atoms with Gasteiger partial charge in [0, 0.05) is 24.7 Å². The highest BCUT2D eigenvalue weighted by atomic mass is 16.5. The Hall–Kier alpha value is -2.38. The lowest BCUT2D eigenvalue weighted by Gasteiger charge is -2.13. The van der Waals surface area contributed by atoms with E-state index in [9.17, 15) is 14.4 Å². The fourth-order valence-electron chi connectivity index (χ4n) is 1.53. The van der Waals surface area contributed by atoms with Crippen LogP contribution in [-0.2, 0) is 25.5 Å². The molecular weight excluding hydrogens is 266 g/mol. The first kappa shape index (κ1) is 15.7. The van der Waals surface area contributed by atoms with Gasteiger partial charge >= 0.3 is 11.9 Å². The molecule has 0 spiro atoms. The average Bonchev–Trinajstić information content (AvgIpc) is 2.89. The third-order valence-electron chi connectivity index (χ3n) is 2.47. The topological polar surface area (TPSA) is 121 Å². The van der Waals surface area contributed by atoms with Crippen LogP contribution in [0.3, 0.4) is 0 Å². The molecule has 0 radical (unpaired) electrons. The highest BCUT2D eigenvalue weighted by Crippen LogP contribution is 2.00. The lowest BCUT2D eigenvalue weighted by Crippen LogP contribution is -2.42. The predicted octanol–water partition coefficient (Wildman–Crippen LogP) is -0.135. The van der Waals surface area contributed by atoms with Crippen LogP contribution in [0.5, 0.6) is 0 Å². The first-order valence-electron chi connectivity index (χ1n) is 6.18. The number of ether oxygens (including phenoxy) is 1. The van der Waals surface area contributed by atoms with Crippen LogP contribution in [0.4, 0.5) is 0 Å². The number of nitrogens with one attached hydrogen (secondary N) is 2. The molecule has 0 unspecified atom stereocenters. The van der Waals surface area contributed by atoms with Crippen LogP contribution < -0.4 is 5.32 Å². The summed E-state index contributed by atoms with van der Waals surface area (Å²) in [6.45, 7) is 1.92. The predicted molar refractivity (Wildman–Crippen MR) is 67.7 cm³/mol. The van der Waals surface area contributed by atoms with Crippen LogP contribution >= 0.6 is 0 Å². The molecule has 1 aromatic rings. The smallest absolute Gasteiger partial charge is 0.326 e. The van der Waals surface area contributed by atoms with Crippen LogP contribution in [0.15, 0.2) is 12.5 Å². The molecule has 1 heterocycles. The number of imidazole rings is 1. The number of esters is 1. The van der Waals surface area contributed by atoms with Crippen molar-refractivity contribution < 1.29 is 24.2 Å². The zero-order valence-corrected chi connectivity index (χ0v) is 11.1. The van der Waals surface area contributed by atoms with Crippen molar-refractivity contribution in [2.75, 3.05) is 6.61 Å². The van der Waals surface area contributed by atoms with E-state index in [2.05, 4.69) is 20.0 Å². The van der Waals surface area contributed by atoms with Gasteiger partial charge < -0.3 is 20.1 Å². The standard InChI is InChI=1S/C12H17N3O5/c1-2-20-11(17)4-3-10(16)15-9(12(18)19)5-8-6-13-7-14-8/h6-7,9H,2-5H2,1H3,(H,13,14)(H,15,16)(H,18,19)/t9-/m1/s1. The number of carbonyl (C=O) groups excluding carboxylic acids is 2. The molecule has 1 rings (SSSR count). The molecule has 8 heteroatoms. The molecule has 0 aliphatic rings. The minimum absolute atomic E-state index is 0.0733. The number of nitrogens with zero attached hydrogens (tertiary/aromatic N) is 1. The van der Waals surface area contributed by atoms with Gasteiger partial charge in [-0.25, -0.2) is 9.78 Å². The minimum Gasteiger partial charge on any atom is -0.480 e. The van der Waals surface area contributed by atoms with E-state index in [-0.39, 0.29) is 25.9 Å².